The summed E-state index contributed by atoms with van der Waals surface area (Å²) in [7, 11) is 0. The first-order valence-corrected chi connectivity index (χ1v) is 6.09. The minimum absolute atomic E-state index is 0.0533. The van der Waals surface area contributed by atoms with Crippen LogP contribution in [0.4, 0.5) is 8.78 Å². The number of aryl methyl sites for hydroxylation is 1. The Balaban J connectivity index is 2.26. The number of carbonyl (C=O) groups is 1. The van der Waals surface area contributed by atoms with Gasteiger partial charge in [-0.05, 0) is 42.3 Å². The number of benzene rings is 2. The highest BCUT2D eigenvalue weighted by Crippen LogP contribution is 2.19. The monoisotopic (exact) mass is 280 g/mol. The molecule has 19 heavy (non-hydrogen) atoms. The summed E-state index contributed by atoms with van der Waals surface area (Å²) in [5, 5.41) is 0.563. The highest BCUT2D eigenvalue weighted by molar-refractivity contribution is 6.31. The Labute approximate surface area is 114 Å². The molecule has 0 radical (unpaired) electrons. The van der Waals surface area contributed by atoms with Crippen molar-refractivity contribution in [1.82, 2.24) is 0 Å². The molecule has 0 amide bonds. The largest absolute Gasteiger partial charge is 0.294 e. The summed E-state index contributed by atoms with van der Waals surface area (Å²) in [5.41, 5.74) is 1.26. The smallest absolute Gasteiger partial charge is 0.167 e. The Kier molecular flexibility index (Phi) is 3.96. The fraction of sp³-hybridized carbons (Fsp3) is 0.133. The number of carbonyl (C=O) groups excluding carboxylic acids is 1. The third kappa shape index (κ3) is 2.99. The van der Waals surface area contributed by atoms with E-state index in [-0.39, 0.29) is 17.8 Å². The molecule has 2 aromatic carbocycles. The van der Waals surface area contributed by atoms with E-state index in [9.17, 15) is 13.6 Å². The molecule has 0 aliphatic rings. The summed E-state index contributed by atoms with van der Waals surface area (Å²) in [6.07, 6.45) is -0.176. The Morgan fingerprint density at radius 3 is 2.63 bits per heavy atom. The lowest BCUT2D eigenvalue weighted by molar-refractivity contribution is 0.0991. The van der Waals surface area contributed by atoms with Crippen molar-refractivity contribution in [3.8, 4) is 0 Å². The van der Waals surface area contributed by atoms with Gasteiger partial charge in [-0.25, -0.2) is 8.78 Å². The highest BCUT2D eigenvalue weighted by atomic mass is 35.5. The normalized spacial score (nSPS) is 10.5. The third-order valence-electron chi connectivity index (χ3n) is 2.86. The van der Waals surface area contributed by atoms with Crippen LogP contribution in [0, 0.1) is 18.6 Å². The van der Waals surface area contributed by atoms with Crippen LogP contribution in [0.5, 0.6) is 0 Å². The maximum atomic E-state index is 13.5. The van der Waals surface area contributed by atoms with E-state index in [0.29, 0.717) is 10.6 Å². The Bertz CT molecular complexity index is 638. The van der Waals surface area contributed by atoms with E-state index < -0.39 is 11.6 Å². The first-order chi connectivity index (χ1) is 8.99. The molecule has 0 unspecified atom stereocenters. The summed E-state index contributed by atoms with van der Waals surface area (Å²) in [4.78, 5) is 12.0. The van der Waals surface area contributed by atoms with Gasteiger partial charge in [-0.1, -0.05) is 23.7 Å². The van der Waals surface area contributed by atoms with Crippen LogP contribution in [0.15, 0.2) is 36.4 Å². The van der Waals surface area contributed by atoms with Crippen LogP contribution in [0.2, 0.25) is 5.02 Å². The quantitative estimate of drug-likeness (QED) is 0.764. The molecule has 2 rings (SSSR count). The number of rotatable bonds is 3. The molecular weight excluding hydrogens is 270 g/mol. The first kappa shape index (κ1) is 13.7. The number of halogens is 3. The molecule has 2 aromatic rings. The van der Waals surface area contributed by atoms with Crippen molar-refractivity contribution in [1.29, 1.82) is 0 Å². The van der Waals surface area contributed by atoms with E-state index in [1.807, 2.05) is 0 Å². The van der Waals surface area contributed by atoms with Crippen molar-refractivity contribution in [2.45, 2.75) is 13.3 Å². The van der Waals surface area contributed by atoms with E-state index in [0.717, 1.165) is 11.6 Å². The lowest BCUT2D eigenvalue weighted by atomic mass is 10.0. The van der Waals surface area contributed by atoms with Crippen LogP contribution in [-0.2, 0) is 6.42 Å². The summed E-state index contributed by atoms with van der Waals surface area (Å²) in [6.45, 7) is 1.78. The van der Waals surface area contributed by atoms with Gasteiger partial charge in [0.25, 0.3) is 0 Å². The summed E-state index contributed by atoms with van der Waals surface area (Å²) >= 11 is 5.87. The average molecular weight is 281 g/mol. The maximum Gasteiger partial charge on any atom is 0.167 e. The van der Waals surface area contributed by atoms with Crippen molar-refractivity contribution in [2.75, 3.05) is 0 Å². The molecule has 0 atom stereocenters. The van der Waals surface area contributed by atoms with Crippen LogP contribution in [0.1, 0.15) is 21.5 Å². The SMILES string of the molecule is Cc1cc(C(=O)Cc2cccc(F)c2F)ccc1Cl. The Morgan fingerprint density at radius 2 is 1.95 bits per heavy atom. The zero-order valence-corrected chi connectivity index (χ0v) is 11.0. The van der Waals surface area contributed by atoms with E-state index in [1.54, 1.807) is 25.1 Å². The van der Waals surface area contributed by atoms with Gasteiger partial charge in [0.15, 0.2) is 17.4 Å². The minimum atomic E-state index is -0.971. The highest BCUT2D eigenvalue weighted by Gasteiger charge is 2.13. The average Bonchev–Trinajstić information content (AvgIpc) is 2.38. The summed E-state index contributed by atoms with van der Waals surface area (Å²) in [5.74, 6) is -2.19. The van der Waals surface area contributed by atoms with E-state index in [1.165, 1.54) is 12.1 Å². The van der Waals surface area contributed by atoms with Crippen LogP contribution in [0.25, 0.3) is 0 Å². The topological polar surface area (TPSA) is 17.1 Å². The Morgan fingerprint density at radius 1 is 1.21 bits per heavy atom. The fourth-order valence-electron chi connectivity index (χ4n) is 1.78. The molecule has 1 nitrogen and oxygen atoms in total. The van der Waals surface area contributed by atoms with Crippen molar-refractivity contribution < 1.29 is 13.6 Å². The second kappa shape index (κ2) is 5.49. The molecule has 0 bridgehead atoms. The van der Waals surface area contributed by atoms with Crippen LogP contribution < -0.4 is 0 Å². The molecule has 0 heterocycles. The minimum Gasteiger partial charge on any atom is -0.294 e. The molecule has 0 aliphatic heterocycles. The number of hydrogen-bond donors (Lipinski definition) is 0. The molecule has 0 aromatic heterocycles. The molecule has 0 N–H and O–H groups in total. The van der Waals surface area contributed by atoms with Gasteiger partial charge in [0.1, 0.15) is 0 Å². The second-order valence-electron chi connectivity index (χ2n) is 4.28. The van der Waals surface area contributed by atoms with E-state index in [2.05, 4.69) is 0 Å². The lowest BCUT2D eigenvalue weighted by Gasteiger charge is -2.05. The van der Waals surface area contributed by atoms with Gasteiger partial charge in [0.05, 0.1) is 0 Å². The van der Waals surface area contributed by atoms with Crippen molar-refractivity contribution in [3.63, 3.8) is 0 Å². The zero-order valence-electron chi connectivity index (χ0n) is 10.2. The van der Waals surface area contributed by atoms with Gasteiger partial charge in [-0.3, -0.25) is 4.79 Å². The third-order valence-corrected chi connectivity index (χ3v) is 3.29. The fourth-order valence-corrected chi connectivity index (χ4v) is 1.90. The van der Waals surface area contributed by atoms with Gasteiger partial charge < -0.3 is 0 Å². The molecule has 0 spiro atoms. The molecule has 4 heteroatoms. The maximum absolute atomic E-state index is 13.5. The molecule has 0 aliphatic carbocycles. The lowest BCUT2D eigenvalue weighted by Crippen LogP contribution is -2.06. The van der Waals surface area contributed by atoms with E-state index in [4.69, 9.17) is 11.6 Å². The molecular formula is C15H11ClF2O. The van der Waals surface area contributed by atoms with Crippen molar-refractivity contribution in [2.24, 2.45) is 0 Å². The standard InChI is InChI=1S/C15H11ClF2O/c1-9-7-10(5-6-12(9)16)14(19)8-11-3-2-4-13(17)15(11)18/h2-7H,8H2,1H3. The second-order valence-corrected chi connectivity index (χ2v) is 4.68. The number of hydrogen-bond acceptors (Lipinski definition) is 1. The van der Waals surface area contributed by atoms with Crippen LogP contribution in [-0.4, -0.2) is 5.78 Å². The van der Waals surface area contributed by atoms with Crippen molar-refractivity contribution in [3.05, 3.63) is 69.7 Å². The predicted octanol–water partition coefficient (Wildman–Crippen LogP) is 4.35. The predicted molar refractivity (Wildman–Crippen MR) is 70.6 cm³/mol. The van der Waals surface area contributed by atoms with Gasteiger partial charge >= 0.3 is 0 Å². The summed E-state index contributed by atoms with van der Waals surface area (Å²) in [6, 6.07) is 8.64. The molecule has 0 saturated heterocycles. The van der Waals surface area contributed by atoms with Gasteiger partial charge in [0.2, 0.25) is 0 Å². The van der Waals surface area contributed by atoms with Crippen LogP contribution in [0.3, 0.4) is 0 Å². The summed E-state index contributed by atoms with van der Waals surface area (Å²) < 4.78 is 26.5. The van der Waals surface area contributed by atoms with Gasteiger partial charge in [-0.2, -0.15) is 0 Å². The molecule has 98 valence electrons. The van der Waals surface area contributed by atoms with E-state index >= 15 is 0 Å². The zero-order chi connectivity index (χ0) is 14.0. The van der Waals surface area contributed by atoms with Gasteiger partial charge in [0, 0.05) is 17.0 Å². The van der Waals surface area contributed by atoms with Crippen molar-refractivity contribution >= 4 is 17.4 Å². The molecule has 0 saturated carbocycles. The first-order valence-electron chi connectivity index (χ1n) is 5.71. The molecule has 0 fully saturated rings. The Hall–Kier alpha value is -1.74. The number of ketones is 1. The van der Waals surface area contributed by atoms with Gasteiger partial charge in [-0.15, -0.1) is 0 Å². The number of Topliss-reactive ketones (excluding diaryl/α,β-unsaturated/α-hetero) is 1. The van der Waals surface area contributed by atoms with Crippen LogP contribution >= 0.6 is 11.6 Å².